The van der Waals surface area contributed by atoms with Gasteiger partial charge in [0.15, 0.2) is 10.1 Å². The number of Topliss-reactive ketones (excluding diaryl/α,β-unsaturated/α-hetero) is 1. The molecule has 0 radical (unpaired) electrons. The van der Waals surface area contributed by atoms with E-state index in [1.165, 1.54) is 33.6 Å². The minimum Gasteiger partial charge on any atom is -0.505 e. The maximum absolute atomic E-state index is 13.7. The molecule has 6 rings (SSSR count). The molecule has 9 nitrogen and oxygen atoms in total. The number of hydrogen-bond acceptors (Lipinski definition) is 9. The fourth-order valence-corrected chi connectivity index (χ4v) is 6.78. The number of thioether (sulfide) groups is 1. The summed E-state index contributed by atoms with van der Waals surface area (Å²) in [5.41, 5.74) is 4.33. The first-order chi connectivity index (χ1) is 20.9. The summed E-state index contributed by atoms with van der Waals surface area (Å²) in [5, 5.41) is 20.6. The van der Waals surface area contributed by atoms with Crippen LogP contribution in [0.25, 0.3) is 11.4 Å². The third-order valence-electron chi connectivity index (χ3n) is 7.02. The molecule has 5 aromatic rings. The first kappa shape index (κ1) is 28.4. The van der Waals surface area contributed by atoms with E-state index < -0.39 is 17.7 Å². The van der Waals surface area contributed by atoms with Gasteiger partial charge in [-0.15, -0.1) is 10.2 Å². The summed E-state index contributed by atoms with van der Waals surface area (Å²) in [7, 11) is 0. The Bertz CT molecular complexity index is 1880. The monoisotopic (exact) mass is 609 g/mol. The van der Waals surface area contributed by atoms with E-state index in [0.717, 1.165) is 5.56 Å². The number of anilines is 1. The Balaban J connectivity index is 1.42. The molecule has 43 heavy (non-hydrogen) atoms. The maximum Gasteiger partial charge on any atom is 0.301 e. The lowest BCUT2D eigenvalue weighted by molar-refractivity contribution is -0.132. The van der Waals surface area contributed by atoms with Crippen molar-refractivity contribution in [3.63, 3.8) is 0 Å². The molecule has 0 saturated carbocycles. The van der Waals surface area contributed by atoms with Crippen LogP contribution in [-0.4, -0.2) is 43.0 Å². The normalized spacial score (nSPS) is 16.2. The second kappa shape index (κ2) is 11.9. The van der Waals surface area contributed by atoms with E-state index in [2.05, 4.69) is 46.0 Å². The number of fused-ring (bicyclic) bond motifs is 1. The van der Waals surface area contributed by atoms with Crippen molar-refractivity contribution in [1.29, 1.82) is 0 Å². The molecular weight excluding hydrogens is 583 g/mol. The lowest BCUT2D eigenvalue weighted by Crippen LogP contribution is -2.29. The van der Waals surface area contributed by atoms with Crippen LogP contribution in [0.15, 0.2) is 95.5 Å². The molecule has 1 atom stereocenters. The van der Waals surface area contributed by atoms with E-state index in [1.807, 2.05) is 13.0 Å². The van der Waals surface area contributed by atoms with Crippen molar-refractivity contribution in [3.05, 3.63) is 119 Å². The SMILES string of the molecule is C=CCOc1ccc(C2C(=C(O)c3c(C)nc4ccccn34)C(=O)C(=O)N2c2nnc(SCc3ccc(C)cc3)s2)cc1. The number of imidazole rings is 1. The van der Waals surface area contributed by atoms with Crippen LogP contribution >= 0.6 is 23.1 Å². The molecule has 1 aliphatic rings. The number of aromatic nitrogens is 4. The smallest absolute Gasteiger partial charge is 0.301 e. The number of carbonyl (C=O) groups excluding carboxylic acids is 2. The number of carbonyl (C=O) groups is 2. The quantitative estimate of drug-likeness (QED) is 0.0519. The summed E-state index contributed by atoms with van der Waals surface area (Å²) in [6, 6.07) is 19.8. The van der Waals surface area contributed by atoms with Gasteiger partial charge in [-0.1, -0.05) is 83.8 Å². The van der Waals surface area contributed by atoms with E-state index in [1.54, 1.807) is 60.0 Å². The minimum atomic E-state index is -0.954. The number of ether oxygens (including phenoxy) is 1. The van der Waals surface area contributed by atoms with Crippen molar-refractivity contribution in [2.45, 2.75) is 30.0 Å². The Hall–Kier alpha value is -4.74. The van der Waals surface area contributed by atoms with Crippen LogP contribution in [0.1, 0.15) is 34.1 Å². The van der Waals surface area contributed by atoms with Gasteiger partial charge in [-0.3, -0.25) is 18.9 Å². The van der Waals surface area contributed by atoms with E-state index in [4.69, 9.17) is 4.74 Å². The highest BCUT2D eigenvalue weighted by Gasteiger charge is 2.49. The van der Waals surface area contributed by atoms with Gasteiger partial charge in [0.1, 0.15) is 23.7 Å². The standard InChI is InChI=1S/C32H27N5O4S2/c1-4-17-41-23-14-12-22(13-15-23)27-25(28(38)26-20(3)33-24-7-5-6-16-36(24)26)29(39)30(40)37(27)31-34-35-32(43-31)42-18-21-10-8-19(2)9-11-21/h4-16,27,38H,1,17-18H2,2-3H3. The first-order valence-corrected chi connectivity index (χ1v) is 15.3. The summed E-state index contributed by atoms with van der Waals surface area (Å²) < 4.78 is 7.99. The van der Waals surface area contributed by atoms with Crippen molar-refractivity contribution >= 4 is 51.3 Å². The largest absolute Gasteiger partial charge is 0.505 e. The number of nitrogens with zero attached hydrogens (tertiary/aromatic N) is 5. The molecule has 3 aromatic heterocycles. The van der Waals surface area contributed by atoms with E-state index in [0.29, 0.717) is 45.0 Å². The Kier molecular flexibility index (Phi) is 7.83. The number of aliphatic hydroxyl groups is 1. The third-order valence-corrected chi connectivity index (χ3v) is 9.15. The molecule has 2 aromatic carbocycles. The zero-order valence-electron chi connectivity index (χ0n) is 23.4. The van der Waals surface area contributed by atoms with Gasteiger partial charge < -0.3 is 9.84 Å². The molecule has 216 valence electrons. The number of amides is 1. The van der Waals surface area contributed by atoms with Crippen LogP contribution < -0.4 is 9.64 Å². The summed E-state index contributed by atoms with van der Waals surface area (Å²) in [4.78, 5) is 33.2. The molecule has 1 unspecified atom stereocenters. The molecule has 0 spiro atoms. The van der Waals surface area contributed by atoms with Gasteiger partial charge in [0.2, 0.25) is 5.13 Å². The average molecular weight is 610 g/mol. The molecule has 1 N–H and O–H groups in total. The zero-order chi connectivity index (χ0) is 30.1. The van der Waals surface area contributed by atoms with Crippen LogP contribution in [0.4, 0.5) is 5.13 Å². The molecule has 1 saturated heterocycles. The zero-order valence-corrected chi connectivity index (χ0v) is 25.1. The molecular formula is C32H27N5O4S2. The number of ketones is 1. The lowest BCUT2D eigenvalue weighted by atomic mass is 9.96. The number of benzene rings is 2. The number of aryl methyl sites for hydroxylation is 2. The maximum atomic E-state index is 13.7. The van der Waals surface area contributed by atoms with Gasteiger partial charge in [-0.2, -0.15) is 0 Å². The van der Waals surface area contributed by atoms with Crippen molar-refractivity contribution in [1.82, 2.24) is 19.6 Å². The van der Waals surface area contributed by atoms with Gasteiger partial charge in [-0.25, -0.2) is 4.98 Å². The minimum absolute atomic E-state index is 0.0532. The predicted molar refractivity (Wildman–Crippen MR) is 167 cm³/mol. The number of pyridine rings is 1. The first-order valence-electron chi connectivity index (χ1n) is 13.5. The fraction of sp³-hybridized carbons (Fsp3) is 0.156. The van der Waals surface area contributed by atoms with Gasteiger partial charge in [-0.05, 0) is 49.2 Å². The van der Waals surface area contributed by atoms with Gasteiger partial charge in [0.25, 0.3) is 5.78 Å². The van der Waals surface area contributed by atoms with Crippen molar-refractivity contribution in [2.24, 2.45) is 0 Å². The second-order valence-electron chi connectivity index (χ2n) is 9.94. The number of rotatable bonds is 9. The number of aliphatic hydroxyl groups excluding tert-OH is 1. The summed E-state index contributed by atoms with van der Waals surface area (Å²) in [5.74, 6) is -0.645. The lowest BCUT2D eigenvalue weighted by Gasteiger charge is -2.22. The average Bonchev–Trinajstić information content (AvgIpc) is 3.69. The highest BCUT2D eigenvalue weighted by atomic mass is 32.2. The van der Waals surface area contributed by atoms with Gasteiger partial charge >= 0.3 is 5.91 Å². The van der Waals surface area contributed by atoms with Gasteiger partial charge in [0, 0.05) is 11.9 Å². The summed E-state index contributed by atoms with van der Waals surface area (Å²) in [6.07, 6.45) is 3.40. The molecule has 0 bridgehead atoms. The van der Waals surface area contributed by atoms with E-state index >= 15 is 0 Å². The Labute approximate surface area is 256 Å². The summed E-state index contributed by atoms with van der Waals surface area (Å²) in [6.45, 7) is 7.80. The topological polar surface area (TPSA) is 110 Å². The Morgan fingerprint density at radius 1 is 1.07 bits per heavy atom. The van der Waals surface area contributed by atoms with Crippen molar-refractivity contribution in [2.75, 3.05) is 11.5 Å². The van der Waals surface area contributed by atoms with Crippen molar-refractivity contribution < 1.29 is 19.4 Å². The highest BCUT2D eigenvalue weighted by molar-refractivity contribution is 8.00. The van der Waals surface area contributed by atoms with E-state index in [9.17, 15) is 14.7 Å². The second-order valence-corrected chi connectivity index (χ2v) is 12.1. The molecule has 11 heteroatoms. The third kappa shape index (κ3) is 5.44. The molecule has 1 fully saturated rings. The summed E-state index contributed by atoms with van der Waals surface area (Å²) >= 11 is 2.72. The van der Waals surface area contributed by atoms with Crippen molar-refractivity contribution in [3.8, 4) is 5.75 Å². The Morgan fingerprint density at radius 2 is 1.84 bits per heavy atom. The van der Waals surface area contributed by atoms with Crippen LogP contribution in [0.2, 0.25) is 0 Å². The molecule has 0 aliphatic carbocycles. The fourth-order valence-electron chi connectivity index (χ4n) is 4.96. The van der Waals surface area contributed by atoms with E-state index in [-0.39, 0.29) is 16.5 Å². The Morgan fingerprint density at radius 3 is 2.58 bits per heavy atom. The predicted octanol–water partition coefficient (Wildman–Crippen LogP) is 6.29. The van der Waals surface area contributed by atoms with Crippen LogP contribution in [0.3, 0.4) is 0 Å². The van der Waals surface area contributed by atoms with Crippen LogP contribution in [-0.2, 0) is 15.3 Å². The molecule has 4 heterocycles. The molecule has 1 amide bonds. The van der Waals surface area contributed by atoms with Gasteiger partial charge in [0.05, 0.1) is 17.3 Å². The van der Waals surface area contributed by atoms with Crippen LogP contribution in [0, 0.1) is 13.8 Å². The highest BCUT2D eigenvalue weighted by Crippen LogP contribution is 2.44. The van der Waals surface area contributed by atoms with Crippen LogP contribution in [0.5, 0.6) is 5.75 Å². The number of hydrogen-bond donors (Lipinski definition) is 1. The molecule has 1 aliphatic heterocycles.